The number of nitrogens with zero attached hydrogens (tertiary/aromatic N) is 2. The van der Waals surface area contributed by atoms with Gasteiger partial charge in [-0.25, -0.2) is 17.5 Å². The second-order valence-corrected chi connectivity index (χ2v) is 12.1. The zero-order chi connectivity index (χ0) is 29.7. The molecule has 218 valence electrons. The van der Waals surface area contributed by atoms with Gasteiger partial charge in [-0.3, -0.25) is 9.59 Å². The van der Waals surface area contributed by atoms with Crippen LogP contribution in [-0.4, -0.2) is 61.4 Å². The number of fused-ring (bicyclic) bond motifs is 3. The van der Waals surface area contributed by atoms with Crippen molar-refractivity contribution in [3.8, 4) is 17.2 Å². The molecule has 15 heteroatoms. The number of rotatable bonds is 6. The summed E-state index contributed by atoms with van der Waals surface area (Å²) < 4.78 is 87.4. The summed E-state index contributed by atoms with van der Waals surface area (Å²) in [4.78, 5) is 26.2. The van der Waals surface area contributed by atoms with Gasteiger partial charge < -0.3 is 20.1 Å². The monoisotopic (exact) mass is 596 g/mol. The second kappa shape index (κ2) is 10.0. The molecular formula is C26H24F4N4O6S. The van der Waals surface area contributed by atoms with Gasteiger partial charge in [0, 0.05) is 30.7 Å². The standard InChI is InChI=1S/C26H24F4N4O6S/c1-14-3-4-15(9-18(14)27)34-23(31-21(35)12-41(2,37)38)22-19(33-34)11-25(32-24(22)36)7-8-39-20-10-16(5-6-17(20)25)40-13-26(28,29)30/h3-6,9-10H,7-8,11-13H2,1-2H3,(H,31,35)(H,32,36)/t25-/m0/s1. The summed E-state index contributed by atoms with van der Waals surface area (Å²) in [6, 6.07) is 8.35. The van der Waals surface area contributed by atoms with E-state index in [4.69, 9.17) is 9.47 Å². The molecule has 10 nitrogen and oxygen atoms in total. The summed E-state index contributed by atoms with van der Waals surface area (Å²) in [6.45, 7) is 0.191. The summed E-state index contributed by atoms with van der Waals surface area (Å²) in [7, 11) is -3.71. The molecule has 1 spiro atoms. The summed E-state index contributed by atoms with van der Waals surface area (Å²) in [5.41, 5.74) is 0.152. The van der Waals surface area contributed by atoms with Crippen LogP contribution in [0.2, 0.25) is 0 Å². The second-order valence-electron chi connectivity index (χ2n) is 10.0. The number of amides is 2. The first-order valence-corrected chi connectivity index (χ1v) is 14.4. The maximum atomic E-state index is 14.5. The minimum atomic E-state index is -4.53. The number of halogens is 4. The highest BCUT2D eigenvalue weighted by Crippen LogP contribution is 2.44. The van der Waals surface area contributed by atoms with Gasteiger partial charge in [-0.15, -0.1) is 0 Å². The molecule has 0 bridgehead atoms. The highest BCUT2D eigenvalue weighted by atomic mass is 32.2. The highest BCUT2D eigenvalue weighted by Gasteiger charge is 2.46. The van der Waals surface area contributed by atoms with Gasteiger partial charge in [-0.05, 0) is 36.8 Å². The van der Waals surface area contributed by atoms with E-state index in [1.54, 1.807) is 6.92 Å². The maximum Gasteiger partial charge on any atom is 0.422 e. The normalized spacial score (nSPS) is 18.2. The van der Waals surface area contributed by atoms with E-state index in [9.17, 15) is 35.6 Å². The number of anilines is 1. The molecule has 1 aromatic heterocycles. The third-order valence-corrected chi connectivity index (χ3v) is 7.50. The molecule has 0 unspecified atom stereocenters. The molecule has 2 aliphatic rings. The molecule has 0 saturated carbocycles. The number of hydrogen-bond acceptors (Lipinski definition) is 7. The van der Waals surface area contributed by atoms with Gasteiger partial charge in [0.1, 0.15) is 34.5 Å². The first-order chi connectivity index (χ1) is 19.1. The third-order valence-electron chi connectivity index (χ3n) is 6.72. The van der Waals surface area contributed by atoms with Crippen LogP contribution in [0.3, 0.4) is 0 Å². The van der Waals surface area contributed by atoms with Crippen LogP contribution >= 0.6 is 0 Å². The Morgan fingerprint density at radius 3 is 2.68 bits per heavy atom. The topological polar surface area (TPSA) is 129 Å². The Bertz CT molecular complexity index is 1670. The summed E-state index contributed by atoms with van der Waals surface area (Å²) in [6.07, 6.45) is -3.27. The molecule has 2 amide bonds. The molecule has 3 aromatic rings. The van der Waals surface area contributed by atoms with E-state index in [0.717, 1.165) is 6.26 Å². The lowest BCUT2D eigenvalue weighted by Gasteiger charge is -2.41. The summed E-state index contributed by atoms with van der Waals surface area (Å²) >= 11 is 0. The minimum absolute atomic E-state index is 0.0309. The van der Waals surface area contributed by atoms with Gasteiger partial charge >= 0.3 is 6.18 Å². The van der Waals surface area contributed by atoms with Crippen molar-refractivity contribution in [3.63, 3.8) is 0 Å². The first kappa shape index (κ1) is 28.4. The first-order valence-electron chi connectivity index (χ1n) is 12.3. The van der Waals surface area contributed by atoms with Gasteiger partial charge in [0.2, 0.25) is 5.91 Å². The lowest BCUT2D eigenvalue weighted by molar-refractivity contribution is -0.153. The van der Waals surface area contributed by atoms with Crippen molar-refractivity contribution in [3.05, 3.63) is 64.6 Å². The van der Waals surface area contributed by atoms with Crippen molar-refractivity contribution in [2.75, 3.05) is 30.5 Å². The Labute approximate surface area is 231 Å². The van der Waals surface area contributed by atoms with Crippen LogP contribution < -0.4 is 20.1 Å². The number of aromatic nitrogens is 2. The van der Waals surface area contributed by atoms with E-state index in [1.807, 2.05) is 0 Å². The number of carbonyl (C=O) groups excluding carboxylic acids is 2. The smallest absolute Gasteiger partial charge is 0.422 e. The fourth-order valence-corrected chi connectivity index (χ4v) is 5.46. The lowest BCUT2D eigenvalue weighted by atomic mass is 9.77. The zero-order valence-electron chi connectivity index (χ0n) is 21.8. The molecule has 41 heavy (non-hydrogen) atoms. The molecule has 0 radical (unpaired) electrons. The largest absolute Gasteiger partial charge is 0.493 e. The molecular weight excluding hydrogens is 572 g/mol. The summed E-state index contributed by atoms with van der Waals surface area (Å²) in [5, 5.41) is 9.90. The van der Waals surface area contributed by atoms with Crippen LogP contribution in [0.4, 0.5) is 23.4 Å². The molecule has 0 fully saturated rings. The van der Waals surface area contributed by atoms with E-state index < -0.39 is 51.5 Å². The maximum absolute atomic E-state index is 14.5. The van der Waals surface area contributed by atoms with Crippen molar-refractivity contribution < 1.29 is 45.0 Å². The Hall–Kier alpha value is -4.14. The van der Waals surface area contributed by atoms with Crippen molar-refractivity contribution in [1.82, 2.24) is 15.1 Å². The number of benzene rings is 2. The van der Waals surface area contributed by atoms with Gasteiger partial charge in [-0.1, -0.05) is 6.07 Å². The van der Waals surface area contributed by atoms with Crippen LogP contribution in [-0.2, 0) is 26.6 Å². The third kappa shape index (κ3) is 5.85. The number of carbonyl (C=O) groups is 2. The molecule has 0 saturated heterocycles. The average Bonchev–Trinajstić information content (AvgIpc) is 3.21. The zero-order valence-corrected chi connectivity index (χ0v) is 22.6. The van der Waals surface area contributed by atoms with Crippen molar-refractivity contribution >= 4 is 27.5 Å². The number of sulfone groups is 1. The molecule has 1 atom stereocenters. The van der Waals surface area contributed by atoms with E-state index in [-0.39, 0.29) is 53.7 Å². The Morgan fingerprint density at radius 1 is 1.24 bits per heavy atom. The van der Waals surface area contributed by atoms with E-state index in [2.05, 4.69) is 15.7 Å². The predicted molar refractivity (Wildman–Crippen MR) is 138 cm³/mol. The SMILES string of the molecule is Cc1ccc(-n2nc3c(c2NC(=O)CS(C)(=O)=O)C(=O)N[C@@]2(CCOc4cc(OCC(F)(F)F)ccc42)C3)cc1F. The lowest BCUT2D eigenvalue weighted by Crippen LogP contribution is -2.53. The number of nitrogens with one attached hydrogen (secondary N) is 2. The van der Waals surface area contributed by atoms with E-state index in [1.165, 1.54) is 41.1 Å². The number of hydrogen-bond donors (Lipinski definition) is 2. The predicted octanol–water partition coefficient (Wildman–Crippen LogP) is 3.21. The fraction of sp³-hybridized carbons (Fsp3) is 0.346. The van der Waals surface area contributed by atoms with E-state index in [0.29, 0.717) is 11.1 Å². The van der Waals surface area contributed by atoms with Crippen LogP contribution in [0.1, 0.15) is 33.6 Å². The quantitative estimate of drug-likeness (QED) is 0.419. The molecule has 3 heterocycles. The van der Waals surface area contributed by atoms with Crippen LogP contribution in [0.5, 0.6) is 11.5 Å². The highest BCUT2D eigenvalue weighted by molar-refractivity contribution is 7.91. The Kier molecular flexibility index (Phi) is 6.96. The Balaban J connectivity index is 1.56. The molecule has 2 N–H and O–H groups in total. The number of alkyl halides is 3. The van der Waals surface area contributed by atoms with Gasteiger partial charge in [0.05, 0.1) is 23.5 Å². The van der Waals surface area contributed by atoms with Crippen molar-refractivity contribution in [1.29, 1.82) is 0 Å². The van der Waals surface area contributed by atoms with Crippen LogP contribution in [0.25, 0.3) is 5.69 Å². The van der Waals surface area contributed by atoms with Crippen LogP contribution in [0, 0.1) is 12.7 Å². The van der Waals surface area contributed by atoms with Gasteiger partial charge in [0.15, 0.2) is 16.4 Å². The number of aryl methyl sites for hydroxylation is 1. The van der Waals surface area contributed by atoms with E-state index >= 15 is 0 Å². The van der Waals surface area contributed by atoms with Gasteiger partial charge in [0.25, 0.3) is 5.91 Å². The fourth-order valence-electron chi connectivity index (χ4n) is 4.91. The molecule has 2 aliphatic heterocycles. The summed E-state index contributed by atoms with van der Waals surface area (Å²) in [5.74, 6) is -2.96. The molecule has 2 aromatic carbocycles. The molecule has 5 rings (SSSR count). The van der Waals surface area contributed by atoms with Crippen molar-refractivity contribution in [2.24, 2.45) is 0 Å². The number of ether oxygens (including phenoxy) is 2. The average molecular weight is 597 g/mol. The van der Waals surface area contributed by atoms with Crippen LogP contribution in [0.15, 0.2) is 36.4 Å². The minimum Gasteiger partial charge on any atom is -0.493 e. The van der Waals surface area contributed by atoms with Crippen molar-refractivity contribution in [2.45, 2.75) is 31.5 Å². The molecule has 0 aliphatic carbocycles. The van der Waals surface area contributed by atoms with Gasteiger partial charge in [-0.2, -0.15) is 18.3 Å². The Morgan fingerprint density at radius 2 is 2.00 bits per heavy atom.